The van der Waals surface area contributed by atoms with Crippen molar-refractivity contribution < 1.29 is 14.5 Å². The monoisotopic (exact) mass is 286 g/mol. The zero-order valence-corrected chi connectivity index (χ0v) is 11.6. The van der Waals surface area contributed by atoms with E-state index in [2.05, 4.69) is 5.32 Å². The maximum atomic E-state index is 11.8. The molecular weight excluding hydrogens is 272 g/mol. The highest BCUT2D eigenvalue weighted by molar-refractivity contribution is 6.02. The molecule has 108 valence electrons. The lowest BCUT2D eigenvalue weighted by molar-refractivity contribution is -0.385. The topological polar surface area (TPSA) is 89.3 Å². The molecule has 1 aliphatic rings. The third kappa shape index (κ3) is 2.74. The van der Waals surface area contributed by atoms with Gasteiger partial charge >= 0.3 is 0 Å². The maximum Gasteiger partial charge on any atom is 0.273 e. The number of nitro groups is 1. The molecule has 0 unspecified atom stereocenters. The molecule has 0 radical (unpaired) electrons. The van der Waals surface area contributed by atoms with Crippen LogP contribution in [0.1, 0.15) is 25.3 Å². The van der Waals surface area contributed by atoms with Crippen molar-refractivity contribution in [1.82, 2.24) is 5.32 Å². The summed E-state index contributed by atoms with van der Waals surface area (Å²) in [5, 5.41) is 14.0. The third-order valence-electron chi connectivity index (χ3n) is 3.36. The van der Waals surface area contributed by atoms with Crippen molar-refractivity contribution in [3.63, 3.8) is 0 Å². The van der Waals surface area contributed by atoms with Crippen LogP contribution in [-0.2, 0) is 9.59 Å². The first-order valence-corrected chi connectivity index (χ1v) is 6.35. The number of ketones is 2. The smallest absolute Gasteiger partial charge is 0.273 e. The highest BCUT2D eigenvalue weighted by Crippen LogP contribution is 2.38. The van der Waals surface area contributed by atoms with Gasteiger partial charge in [-0.3, -0.25) is 19.7 Å². The standard InChI is InChI=1S/C15H14N2O4/c1-9(18)12-7-16-8-13(10(2)19)15(12)11-5-3-4-6-14(11)17(20)21/h3-8,15-16H,1-2H3. The fourth-order valence-electron chi connectivity index (χ4n) is 2.40. The van der Waals surface area contributed by atoms with Crippen molar-refractivity contribution in [2.24, 2.45) is 0 Å². The number of carbonyl (C=O) groups excluding carboxylic acids is 2. The Kier molecular flexibility index (Phi) is 3.98. The van der Waals surface area contributed by atoms with Crippen LogP contribution in [0.2, 0.25) is 0 Å². The molecule has 0 saturated carbocycles. The lowest BCUT2D eigenvalue weighted by Gasteiger charge is -2.24. The molecule has 2 rings (SSSR count). The van der Waals surface area contributed by atoms with E-state index < -0.39 is 10.8 Å². The third-order valence-corrected chi connectivity index (χ3v) is 3.36. The van der Waals surface area contributed by atoms with Gasteiger partial charge in [0.05, 0.1) is 10.8 Å². The summed E-state index contributed by atoms with van der Waals surface area (Å²) in [5.74, 6) is -1.20. The Bertz CT molecular complexity index is 659. The van der Waals surface area contributed by atoms with Crippen LogP contribution in [0.3, 0.4) is 0 Å². The van der Waals surface area contributed by atoms with Gasteiger partial charge in [0.1, 0.15) is 0 Å². The fourth-order valence-corrected chi connectivity index (χ4v) is 2.40. The van der Waals surface area contributed by atoms with Crippen LogP contribution < -0.4 is 5.32 Å². The van der Waals surface area contributed by atoms with E-state index in [0.717, 1.165) is 0 Å². The lowest BCUT2D eigenvalue weighted by Crippen LogP contribution is -2.23. The molecule has 1 heterocycles. The largest absolute Gasteiger partial charge is 0.367 e. The minimum Gasteiger partial charge on any atom is -0.367 e. The second-order valence-electron chi connectivity index (χ2n) is 4.73. The van der Waals surface area contributed by atoms with Crippen LogP contribution in [0.15, 0.2) is 47.8 Å². The van der Waals surface area contributed by atoms with Crippen molar-refractivity contribution in [2.45, 2.75) is 19.8 Å². The number of hydrogen-bond acceptors (Lipinski definition) is 5. The Labute approximate surface area is 121 Å². The molecule has 0 bridgehead atoms. The maximum absolute atomic E-state index is 11.8. The zero-order valence-electron chi connectivity index (χ0n) is 11.6. The Hall–Kier alpha value is -2.76. The number of Topliss-reactive ketones (excluding diaryl/α,β-unsaturated/α-hetero) is 2. The predicted molar refractivity (Wildman–Crippen MR) is 76.5 cm³/mol. The Balaban J connectivity index is 2.65. The van der Waals surface area contributed by atoms with E-state index in [1.807, 2.05) is 0 Å². The van der Waals surface area contributed by atoms with Gasteiger partial charge in [0.15, 0.2) is 11.6 Å². The van der Waals surface area contributed by atoms with Crippen LogP contribution in [-0.4, -0.2) is 16.5 Å². The number of benzene rings is 1. The van der Waals surface area contributed by atoms with Crippen molar-refractivity contribution in [2.75, 3.05) is 0 Å². The summed E-state index contributed by atoms with van der Waals surface area (Å²) >= 11 is 0. The van der Waals surface area contributed by atoms with Crippen molar-refractivity contribution >= 4 is 17.3 Å². The van der Waals surface area contributed by atoms with Crippen LogP contribution in [0.5, 0.6) is 0 Å². The Morgan fingerprint density at radius 3 is 2.10 bits per heavy atom. The van der Waals surface area contributed by atoms with Gasteiger partial charge in [-0.15, -0.1) is 0 Å². The SMILES string of the molecule is CC(=O)C1=CNC=C(C(C)=O)C1c1ccccc1[N+](=O)[O-]. The van der Waals surface area contributed by atoms with Gasteiger partial charge in [-0.05, 0) is 13.8 Å². The van der Waals surface area contributed by atoms with Gasteiger partial charge in [0.2, 0.25) is 0 Å². The van der Waals surface area contributed by atoms with Gasteiger partial charge < -0.3 is 5.32 Å². The molecule has 0 aromatic heterocycles. The molecule has 0 fully saturated rings. The van der Waals surface area contributed by atoms with Gasteiger partial charge in [-0.1, -0.05) is 18.2 Å². The molecule has 1 aliphatic heterocycles. The number of dihydropyridines is 1. The minimum absolute atomic E-state index is 0.108. The van der Waals surface area contributed by atoms with Crippen LogP contribution in [0, 0.1) is 10.1 Å². The van der Waals surface area contributed by atoms with E-state index in [9.17, 15) is 19.7 Å². The summed E-state index contributed by atoms with van der Waals surface area (Å²) in [6, 6.07) is 6.14. The van der Waals surface area contributed by atoms with Gasteiger partial charge in [-0.25, -0.2) is 0 Å². The molecule has 0 spiro atoms. The number of hydrogen-bond donors (Lipinski definition) is 1. The number of allylic oxidation sites excluding steroid dienone is 2. The average Bonchev–Trinajstić information content (AvgIpc) is 2.46. The normalized spacial score (nSPS) is 14.8. The molecule has 0 aliphatic carbocycles. The number of carbonyl (C=O) groups is 2. The number of nitrogens with one attached hydrogen (secondary N) is 1. The number of para-hydroxylation sites is 1. The summed E-state index contributed by atoms with van der Waals surface area (Å²) in [6.07, 6.45) is 2.96. The van der Waals surface area contributed by atoms with Crippen LogP contribution in [0.25, 0.3) is 0 Å². The first-order chi connectivity index (χ1) is 9.93. The second-order valence-corrected chi connectivity index (χ2v) is 4.73. The zero-order chi connectivity index (χ0) is 15.6. The fraction of sp³-hybridized carbons (Fsp3) is 0.200. The number of rotatable bonds is 4. The Morgan fingerprint density at radius 1 is 1.10 bits per heavy atom. The first kappa shape index (κ1) is 14.6. The van der Waals surface area contributed by atoms with E-state index >= 15 is 0 Å². The molecule has 0 atom stereocenters. The average molecular weight is 286 g/mol. The minimum atomic E-state index is -0.720. The summed E-state index contributed by atoms with van der Waals surface area (Å²) in [4.78, 5) is 34.3. The predicted octanol–water partition coefficient (Wildman–Crippen LogP) is 2.23. The molecule has 0 amide bonds. The highest BCUT2D eigenvalue weighted by Gasteiger charge is 2.33. The van der Waals surface area contributed by atoms with Crippen molar-refractivity contribution in [1.29, 1.82) is 0 Å². The van der Waals surface area contributed by atoms with E-state index in [1.165, 1.54) is 32.3 Å². The molecule has 1 aromatic rings. The van der Waals surface area contributed by atoms with Gasteiger partial charge in [0.25, 0.3) is 5.69 Å². The van der Waals surface area contributed by atoms with Crippen molar-refractivity contribution in [3.05, 3.63) is 63.5 Å². The van der Waals surface area contributed by atoms with E-state index in [-0.39, 0.29) is 17.3 Å². The second kappa shape index (κ2) is 5.70. The van der Waals surface area contributed by atoms with Gasteiger partial charge in [0, 0.05) is 35.2 Å². The first-order valence-electron chi connectivity index (χ1n) is 6.35. The van der Waals surface area contributed by atoms with Crippen molar-refractivity contribution in [3.8, 4) is 0 Å². The van der Waals surface area contributed by atoms with Crippen LogP contribution in [0.4, 0.5) is 5.69 Å². The van der Waals surface area contributed by atoms with Crippen LogP contribution >= 0.6 is 0 Å². The van der Waals surface area contributed by atoms with E-state index in [4.69, 9.17) is 0 Å². The summed E-state index contributed by atoms with van der Waals surface area (Å²) in [6.45, 7) is 2.75. The molecule has 6 nitrogen and oxygen atoms in total. The Morgan fingerprint density at radius 2 is 1.62 bits per heavy atom. The molecule has 6 heteroatoms. The number of nitro benzene ring substituents is 1. The van der Waals surface area contributed by atoms with Gasteiger partial charge in [-0.2, -0.15) is 0 Å². The summed E-state index contributed by atoms with van der Waals surface area (Å²) < 4.78 is 0. The highest BCUT2D eigenvalue weighted by atomic mass is 16.6. The van der Waals surface area contributed by atoms with E-state index in [1.54, 1.807) is 18.2 Å². The summed E-state index contributed by atoms with van der Waals surface area (Å²) in [5.41, 5.74) is 0.893. The quantitative estimate of drug-likeness (QED) is 0.677. The molecule has 0 saturated heterocycles. The lowest BCUT2D eigenvalue weighted by atomic mass is 9.80. The molecular formula is C15H14N2O4. The summed E-state index contributed by atoms with van der Waals surface area (Å²) in [7, 11) is 0. The molecule has 1 N–H and O–H groups in total. The number of nitrogens with zero attached hydrogens (tertiary/aromatic N) is 1. The van der Waals surface area contributed by atoms with E-state index in [0.29, 0.717) is 16.7 Å². The molecule has 21 heavy (non-hydrogen) atoms. The molecule has 1 aromatic carbocycles.